The largest absolute Gasteiger partial charge is 0.253 e. The predicted molar refractivity (Wildman–Crippen MR) is 88.5 cm³/mol. The van der Waals surface area contributed by atoms with E-state index in [4.69, 9.17) is 11.6 Å². The maximum Gasteiger partial charge on any atom is 0.127 e. The van der Waals surface area contributed by atoms with E-state index in [1.807, 2.05) is 36.4 Å². The van der Waals surface area contributed by atoms with Crippen molar-refractivity contribution in [2.75, 3.05) is 0 Å². The molecular weight excluding hydrogens is 353 g/mol. The number of hydrogen-bond acceptors (Lipinski definition) is 1. The van der Waals surface area contributed by atoms with Crippen molar-refractivity contribution in [3.63, 3.8) is 0 Å². The van der Waals surface area contributed by atoms with Crippen LogP contribution in [0.25, 0.3) is 10.9 Å². The molecule has 0 N–H and O–H groups in total. The summed E-state index contributed by atoms with van der Waals surface area (Å²) in [6, 6.07) is 16.5. The van der Waals surface area contributed by atoms with E-state index in [1.165, 1.54) is 6.07 Å². The van der Waals surface area contributed by atoms with Gasteiger partial charge in [-0.1, -0.05) is 51.8 Å². The van der Waals surface area contributed by atoms with E-state index in [0.717, 1.165) is 16.6 Å². The summed E-state index contributed by atoms with van der Waals surface area (Å²) in [5, 5.41) is 1.63. The third kappa shape index (κ3) is 3.25. The number of halogens is 3. The summed E-state index contributed by atoms with van der Waals surface area (Å²) in [5.41, 5.74) is 2.41. The Hall–Kier alpha value is -1.45. The summed E-state index contributed by atoms with van der Waals surface area (Å²) in [7, 11) is 0. The molecule has 1 atom stereocenters. The lowest BCUT2D eigenvalue weighted by atomic mass is 10.1. The standard InChI is InChI=1S/C17H12BrClFN/c18-15(14-9-12(19)6-8-16(14)20)10-13-7-5-11-3-1-2-4-17(11)21-13/h1-9,15H,10H2. The molecule has 2 aromatic carbocycles. The SMILES string of the molecule is Fc1ccc(Cl)cc1C(Br)Cc1ccc2ccccc2n1. The minimum atomic E-state index is -0.262. The first-order valence-corrected chi connectivity index (χ1v) is 7.86. The van der Waals surface area contributed by atoms with Gasteiger partial charge in [0.25, 0.3) is 0 Å². The predicted octanol–water partition coefficient (Wildman–Crippen LogP) is 5.71. The lowest BCUT2D eigenvalue weighted by molar-refractivity contribution is 0.607. The van der Waals surface area contributed by atoms with Crippen molar-refractivity contribution in [2.24, 2.45) is 0 Å². The van der Waals surface area contributed by atoms with Crippen molar-refractivity contribution in [3.8, 4) is 0 Å². The maximum absolute atomic E-state index is 13.9. The highest BCUT2D eigenvalue weighted by atomic mass is 79.9. The third-order valence-corrected chi connectivity index (χ3v) is 4.39. The van der Waals surface area contributed by atoms with Crippen molar-refractivity contribution in [1.82, 2.24) is 4.98 Å². The van der Waals surface area contributed by atoms with Crippen molar-refractivity contribution in [3.05, 3.63) is 76.7 Å². The average Bonchev–Trinajstić information content (AvgIpc) is 2.49. The van der Waals surface area contributed by atoms with Crippen LogP contribution in [0.15, 0.2) is 54.6 Å². The summed E-state index contributed by atoms with van der Waals surface area (Å²) in [6.07, 6.45) is 0.599. The number of aromatic nitrogens is 1. The molecule has 0 saturated heterocycles. The third-order valence-electron chi connectivity index (χ3n) is 3.34. The zero-order valence-electron chi connectivity index (χ0n) is 11.1. The molecule has 0 aliphatic heterocycles. The van der Waals surface area contributed by atoms with Gasteiger partial charge in [0.1, 0.15) is 5.82 Å². The van der Waals surface area contributed by atoms with Gasteiger partial charge in [-0.25, -0.2) is 4.39 Å². The van der Waals surface area contributed by atoms with Crippen LogP contribution in [-0.2, 0) is 6.42 Å². The molecule has 0 amide bonds. The Balaban J connectivity index is 1.88. The first kappa shape index (κ1) is 14.5. The summed E-state index contributed by atoms with van der Waals surface area (Å²) >= 11 is 9.47. The highest BCUT2D eigenvalue weighted by molar-refractivity contribution is 9.09. The van der Waals surface area contributed by atoms with Gasteiger partial charge in [0.2, 0.25) is 0 Å². The summed E-state index contributed by atoms with van der Waals surface area (Å²) in [6.45, 7) is 0. The molecule has 0 aliphatic carbocycles. The first-order chi connectivity index (χ1) is 10.1. The number of hydrogen-bond donors (Lipinski definition) is 0. The number of nitrogens with zero attached hydrogens (tertiary/aromatic N) is 1. The van der Waals surface area contributed by atoms with Gasteiger partial charge in [-0.2, -0.15) is 0 Å². The molecular formula is C17H12BrClFN. The van der Waals surface area contributed by atoms with Crippen LogP contribution in [0.4, 0.5) is 4.39 Å². The number of fused-ring (bicyclic) bond motifs is 1. The molecule has 21 heavy (non-hydrogen) atoms. The second-order valence-electron chi connectivity index (χ2n) is 4.83. The number of benzene rings is 2. The summed E-state index contributed by atoms with van der Waals surface area (Å²) in [5.74, 6) is -0.262. The molecule has 0 bridgehead atoms. The van der Waals surface area contributed by atoms with Gasteiger partial charge in [0.05, 0.1) is 5.52 Å². The van der Waals surface area contributed by atoms with Gasteiger partial charge in [-0.05, 0) is 30.3 Å². The molecule has 1 aromatic heterocycles. The van der Waals surface area contributed by atoms with E-state index in [2.05, 4.69) is 20.9 Å². The molecule has 0 fully saturated rings. The fraction of sp³-hybridized carbons (Fsp3) is 0.118. The molecule has 1 nitrogen and oxygen atoms in total. The average molecular weight is 365 g/mol. The molecule has 0 saturated carbocycles. The second-order valence-corrected chi connectivity index (χ2v) is 6.37. The lowest BCUT2D eigenvalue weighted by Gasteiger charge is -2.12. The molecule has 4 heteroatoms. The molecule has 106 valence electrons. The van der Waals surface area contributed by atoms with Crippen molar-refractivity contribution < 1.29 is 4.39 Å². The minimum absolute atomic E-state index is 0.162. The highest BCUT2D eigenvalue weighted by Crippen LogP contribution is 2.30. The van der Waals surface area contributed by atoms with E-state index in [-0.39, 0.29) is 10.6 Å². The van der Waals surface area contributed by atoms with Gasteiger partial charge in [0, 0.05) is 32.9 Å². The van der Waals surface area contributed by atoms with Gasteiger partial charge in [-0.3, -0.25) is 4.98 Å². The zero-order chi connectivity index (χ0) is 14.8. The van der Waals surface area contributed by atoms with Gasteiger partial charge >= 0.3 is 0 Å². The second kappa shape index (κ2) is 6.12. The molecule has 0 radical (unpaired) electrons. The van der Waals surface area contributed by atoms with Gasteiger partial charge in [0.15, 0.2) is 0 Å². The summed E-state index contributed by atoms with van der Waals surface area (Å²) in [4.78, 5) is 4.45. The quantitative estimate of drug-likeness (QED) is 0.543. The van der Waals surface area contributed by atoms with E-state index in [9.17, 15) is 4.39 Å². The van der Waals surface area contributed by atoms with Crippen LogP contribution in [0.1, 0.15) is 16.1 Å². The highest BCUT2D eigenvalue weighted by Gasteiger charge is 2.14. The molecule has 3 aromatic rings. The van der Waals surface area contributed by atoms with Crippen LogP contribution in [0.3, 0.4) is 0 Å². The fourth-order valence-electron chi connectivity index (χ4n) is 2.27. The van der Waals surface area contributed by atoms with Crippen LogP contribution in [0.2, 0.25) is 5.02 Å². The molecule has 3 rings (SSSR count). The Morgan fingerprint density at radius 2 is 1.90 bits per heavy atom. The Morgan fingerprint density at radius 1 is 1.10 bits per heavy atom. The van der Waals surface area contributed by atoms with Crippen LogP contribution in [0, 0.1) is 5.82 Å². The van der Waals surface area contributed by atoms with E-state index < -0.39 is 0 Å². The number of rotatable bonds is 3. The van der Waals surface area contributed by atoms with Crippen LogP contribution >= 0.6 is 27.5 Å². The first-order valence-electron chi connectivity index (χ1n) is 6.57. The fourth-order valence-corrected chi connectivity index (χ4v) is 3.13. The molecule has 1 heterocycles. The van der Waals surface area contributed by atoms with Crippen molar-refractivity contribution in [2.45, 2.75) is 11.2 Å². The minimum Gasteiger partial charge on any atom is -0.253 e. The van der Waals surface area contributed by atoms with E-state index in [0.29, 0.717) is 17.0 Å². The van der Waals surface area contributed by atoms with Crippen molar-refractivity contribution in [1.29, 1.82) is 0 Å². The Bertz CT molecular complexity index is 791. The molecule has 1 unspecified atom stereocenters. The molecule has 0 spiro atoms. The van der Waals surface area contributed by atoms with Gasteiger partial charge in [-0.15, -0.1) is 0 Å². The van der Waals surface area contributed by atoms with Crippen molar-refractivity contribution >= 4 is 38.4 Å². The smallest absolute Gasteiger partial charge is 0.127 e. The number of pyridine rings is 1. The normalized spacial score (nSPS) is 12.5. The monoisotopic (exact) mass is 363 g/mol. The lowest BCUT2D eigenvalue weighted by Crippen LogP contribution is -2.00. The number of alkyl halides is 1. The van der Waals surface area contributed by atoms with E-state index >= 15 is 0 Å². The Kier molecular flexibility index (Phi) is 4.22. The Labute approximate surface area is 135 Å². The van der Waals surface area contributed by atoms with Gasteiger partial charge < -0.3 is 0 Å². The maximum atomic E-state index is 13.9. The molecule has 0 aliphatic rings. The van der Waals surface area contributed by atoms with Crippen LogP contribution in [-0.4, -0.2) is 4.98 Å². The van der Waals surface area contributed by atoms with Crippen LogP contribution in [0.5, 0.6) is 0 Å². The topological polar surface area (TPSA) is 12.9 Å². The summed E-state index contributed by atoms with van der Waals surface area (Å²) < 4.78 is 13.9. The van der Waals surface area contributed by atoms with Crippen LogP contribution < -0.4 is 0 Å². The Morgan fingerprint density at radius 3 is 2.76 bits per heavy atom. The zero-order valence-corrected chi connectivity index (χ0v) is 13.4. The number of para-hydroxylation sites is 1. The van der Waals surface area contributed by atoms with E-state index in [1.54, 1.807) is 12.1 Å².